The first-order valence-corrected chi connectivity index (χ1v) is 11.5. The zero-order chi connectivity index (χ0) is 23.7. The van der Waals surface area contributed by atoms with Crippen LogP contribution in [-0.4, -0.2) is 30.3 Å². The predicted octanol–water partition coefficient (Wildman–Crippen LogP) is 4.66. The summed E-state index contributed by atoms with van der Waals surface area (Å²) in [7, 11) is 0. The van der Waals surface area contributed by atoms with E-state index in [1.54, 1.807) is 31.2 Å². The number of benzene rings is 2. The van der Waals surface area contributed by atoms with Gasteiger partial charge in [0.2, 0.25) is 11.8 Å². The van der Waals surface area contributed by atoms with Gasteiger partial charge in [-0.3, -0.25) is 19.3 Å². The van der Waals surface area contributed by atoms with Gasteiger partial charge in [-0.1, -0.05) is 29.8 Å². The first-order chi connectivity index (χ1) is 15.8. The molecule has 170 valence electrons. The quantitative estimate of drug-likeness (QED) is 0.344. The van der Waals surface area contributed by atoms with Gasteiger partial charge in [0.05, 0.1) is 28.1 Å². The van der Waals surface area contributed by atoms with Crippen LogP contribution in [0.3, 0.4) is 0 Å². The third-order valence-corrected chi connectivity index (χ3v) is 6.92. The number of imide groups is 1. The van der Waals surface area contributed by atoms with Gasteiger partial charge in [0.1, 0.15) is 0 Å². The van der Waals surface area contributed by atoms with E-state index in [0.717, 1.165) is 10.5 Å². The van der Waals surface area contributed by atoms with Gasteiger partial charge >= 0.3 is 5.97 Å². The number of amides is 3. The van der Waals surface area contributed by atoms with E-state index in [9.17, 15) is 19.2 Å². The fourth-order valence-corrected chi connectivity index (χ4v) is 4.63. The van der Waals surface area contributed by atoms with Gasteiger partial charge in [0, 0.05) is 10.2 Å². The lowest BCUT2D eigenvalue weighted by atomic mass is 9.85. The van der Waals surface area contributed by atoms with E-state index in [-0.39, 0.29) is 29.2 Å². The summed E-state index contributed by atoms with van der Waals surface area (Å²) >= 11 is 9.38. The zero-order valence-electron chi connectivity index (χ0n) is 17.6. The molecule has 0 bridgehead atoms. The number of carbonyl (C=O) groups excluding carboxylic acids is 4. The van der Waals surface area contributed by atoms with Crippen molar-refractivity contribution in [1.29, 1.82) is 0 Å². The maximum Gasteiger partial charge on any atom is 0.338 e. The van der Waals surface area contributed by atoms with E-state index >= 15 is 0 Å². The highest BCUT2D eigenvalue weighted by atomic mass is 79.9. The molecule has 3 amide bonds. The number of carbonyl (C=O) groups is 4. The Balaban J connectivity index is 1.41. The van der Waals surface area contributed by atoms with Crippen molar-refractivity contribution >= 4 is 62.6 Å². The number of nitrogens with one attached hydrogen (secondary N) is 1. The van der Waals surface area contributed by atoms with Gasteiger partial charge in [0.15, 0.2) is 6.61 Å². The molecule has 0 radical (unpaired) electrons. The highest BCUT2D eigenvalue weighted by Crippen LogP contribution is 2.37. The van der Waals surface area contributed by atoms with Crippen LogP contribution in [0.25, 0.3) is 0 Å². The number of hydrogen-bond donors (Lipinski definition) is 1. The summed E-state index contributed by atoms with van der Waals surface area (Å²) in [5.41, 5.74) is 1.75. The van der Waals surface area contributed by atoms with E-state index in [2.05, 4.69) is 21.2 Å². The third-order valence-electron chi connectivity index (χ3n) is 5.72. The molecular formula is C24H20BrClN2O5. The minimum absolute atomic E-state index is 0.136. The van der Waals surface area contributed by atoms with Gasteiger partial charge in [-0.15, -0.1) is 0 Å². The summed E-state index contributed by atoms with van der Waals surface area (Å²) < 4.78 is 5.84. The fourth-order valence-electron chi connectivity index (χ4n) is 4.01. The molecule has 0 unspecified atom stereocenters. The Morgan fingerprint density at radius 1 is 1.12 bits per heavy atom. The number of rotatable bonds is 5. The average Bonchev–Trinajstić information content (AvgIpc) is 3.06. The minimum atomic E-state index is -0.740. The van der Waals surface area contributed by atoms with Crippen molar-refractivity contribution in [1.82, 2.24) is 0 Å². The summed E-state index contributed by atoms with van der Waals surface area (Å²) in [6.45, 7) is 1.30. The van der Waals surface area contributed by atoms with Gasteiger partial charge < -0.3 is 10.1 Å². The largest absolute Gasteiger partial charge is 0.452 e. The number of anilines is 2. The monoisotopic (exact) mass is 530 g/mol. The molecule has 7 nitrogen and oxygen atoms in total. The topological polar surface area (TPSA) is 92.8 Å². The molecule has 9 heteroatoms. The van der Waals surface area contributed by atoms with Gasteiger partial charge in [-0.25, -0.2) is 4.79 Å². The molecule has 33 heavy (non-hydrogen) atoms. The van der Waals surface area contributed by atoms with E-state index in [0.29, 0.717) is 33.7 Å². The molecule has 0 spiro atoms. The molecular weight excluding hydrogens is 512 g/mol. The molecule has 1 saturated heterocycles. The van der Waals surface area contributed by atoms with Gasteiger partial charge in [-0.2, -0.15) is 0 Å². The number of hydrogen-bond acceptors (Lipinski definition) is 5. The number of fused-ring (bicyclic) bond motifs is 1. The molecule has 2 aliphatic rings. The molecule has 1 heterocycles. The second-order valence-corrected chi connectivity index (χ2v) is 9.19. The molecule has 1 aliphatic heterocycles. The Kier molecular flexibility index (Phi) is 6.67. The van der Waals surface area contributed by atoms with Gasteiger partial charge in [0.25, 0.3) is 5.91 Å². The molecule has 2 aromatic carbocycles. The molecule has 0 saturated carbocycles. The van der Waals surface area contributed by atoms with Crippen molar-refractivity contribution in [2.75, 3.05) is 16.8 Å². The van der Waals surface area contributed by atoms with Crippen LogP contribution in [-0.2, 0) is 19.1 Å². The van der Waals surface area contributed by atoms with Crippen molar-refractivity contribution in [2.45, 2.75) is 19.8 Å². The van der Waals surface area contributed by atoms with Crippen molar-refractivity contribution < 1.29 is 23.9 Å². The van der Waals surface area contributed by atoms with Crippen LogP contribution in [0.4, 0.5) is 11.4 Å². The average molecular weight is 532 g/mol. The Bertz CT molecular complexity index is 1170. The van der Waals surface area contributed by atoms with Crippen LogP contribution in [0.2, 0.25) is 5.02 Å². The van der Waals surface area contributed by atoms with Crippen LogP contribution in [0.5, 0.6) is 0 Å². The number of esters is 1. The van der Waals surface area contributed by atoms with Crippen LogP contribution in [0, 0.1) is 18.8 Å². The van der Waals surface area contributed by atoms with Crippen molar-refractivity contribution in [3.63, 3.8) is 0 Å². The zero-order valence-corrected chi connectivity index (χ0v) is 20.0. The SMILES string of the molecule is Cc1cc(Br)c(Cl)cc1NC(=O)COC(=O)c1cccc(N2C(=O)[C@H]3CC=CC[C@H]3C2=O)c1. The highest BCUT2D eigenvalue weighted by molar-refractivity contribution is 9.10. The number of halogens is 2. The van der Waals surface area contributed by atoms with Crippen LogP contribution < -0.4 is 10.2 Å². The lowest BCUT2D eigenvalue weighted by Gasteiger charge is -2.15. The molecule has 2 aromatic rings. The Morgan fingerprint density at radius 3 is 2.45 bits per heavy atom. The highest BCUT2D eigenvalue weighted by Gasteiger charge is 2.47. The van der Waals surface area contributed by atoms with E-state index in [1.165, 1.54) is 12.1 Å². The van der Waals surface area contributed by atoms with Crippen LogP contribution in [0.1, 0.15) is 28.8 Å². The molecule has 2 atom stereocenters. The summed E-state index contributed by atoms with van der Waals surface area (Å²) in [6.07, 6.45) is 4.90. The molecule has 1 N–H and O–H groups in total. The summed E-state index contributed by atoms with van der Waals surface area (Å²) in [5.74, 6) is -2.52. The maximum absolute atomic E-state index is 12.8. The lowest BCUT2D eigenvalue weighted by molar-refractivity contribution is -0.122. The van der Waals surface area contributed by atoms with E-state index < -0.39 is 18.5 Å². The third kappa shape index (κ3) is 4.72. The van der Waals surface area contributed by atoms with Crippen LogP contribution >= 0.6 is 27.5 Å². The predicted molar refractivity (Wildman–Crippen MR) is 127 cm³/mol. The second kappa shape index (κ2) is 9.49. The summed E-state index contributed by atoms with van der Waals surface area (Å²) in [6, 6.07) is 9.47. The first kappa shape index (κ1) is 23.2. The number of ether oxygens (including phenoxy) is 1. The second-order valence-electron chi connectivity index (χ2n) is 7.92. The standard InChI is InChI=1S/C24H20BrClN2O5/c1-13-9-18(25)19(26)11-20(13)27-21(29)12-33-24(32)14-5-4-6-15(10-14)28-22(30)16-7-2-3-8-17(16)23(28)31/h2-6,9-11,16-17H,7-8,12H2,1H3,(H,27,29)/t16-,17+. The lowest BCUT2D eigenvalue weighted by Crippen LogP contribution is -2.31. The summed E-state index contributed by atoms with van der Waals surface area (Å²) in [5, 5.41) is 3.09. The van der Waals surface area contributed by atoms with Crippen LogP contribution in [0.15, 0.2) is 53.0 Å². The maximum atomic E-state index is 12.8. The fraction of sp³-hybridized carbons (Fsp3) is 0.250. The van der Waals surface area contributed by atoms with Gasteiger partial charge in [-0.05, 0) is 71.6 Å². The Morgan fingerprint density at radius 2 is 1.79 bits per heavy atom. The number of aryl methyl sites for hydroxylation is 1. The minimum Gasteiger partial charge on any atom is -0.452 e. The summed E-state index contributed by atoms with van der Waals surface area (Å²) in [4.78, 5) is 51.5. The molecule has 1 fully saturated rings. The van der Waals surface area contributed by atoms with Crippen molar-refractivity contribution in [3.8, 4) is 0 Å². The smallest absolute Gasteiger partial charge is 0.338 e. The van der Waals surface area contributed by atoms with E-state index in [1.807, 2.05) is 12.2 Å². The first-order valence-electron chi connectivity index (χ1n) is 10.3. The molecule has 1 aliphatic carbocycles. The molecule has 4 rings (SSSR count). The Labute approximate surface area is 203 Å². The number of nitrogens with zero attached hydrogens (tertiary/aromatic N) is 1. The van der Waals surface area contributed by atoms with Crippen molar-refractivity contribution in [2.24, 2.45) is 11.8 Å². The number of allylic oxidation sites excluding steroid dienone is 2. The normalized spacial score (nSPS) is 19.4. The van der Waals surface area contributed by atoms with E-state index in [4.69, 9.17) is 16.3 Å². The molecule has 0 aromatic heterocycles. The Hall–Kier alpha value is -2.97. The van der Waals surface area contributed by atoms with Crippen molar-refractivity contribution in [3.05, 3.63) is 69.2 Å².